The van der Waals surface area contributed by atoms with E-state index in [4.69, 9.17) is 14.2 Å². The van der Waals surface area contributed by atoms with E-state index >= 15 is 4.79 Å². The van der Waals surface area contributed by atoms with Crippen LogP contribution in [0.2, 0.25) is 18.6 Å². The van der Waals surface area contributed by atoms with Crippen LogP contribution in [0.3, 0.4) is 0 Å². The van der Waals surface area contributed by atoms with E-state index in [2.05, 4.69) is 0 Å². The highest BCUT2D eigenvalue weighted by molar-refractivity contribution is 6.71. The van der Waals surface area contributed by atoms with Crippen molar-refractivity contribution >= 4 is 49.1 Å². The molecule has 1 spiro atoms. The second-order valence-electron chi connectivity index (χ2n) is 15.0. The smallest absolute Gasteiger partial charge is 0.305 e. The Kier molecular flexibility index (Phi) is 9.96. The lowest BCUT2D eigenvalue weighted by Crippen LogP contribution is -2.46. The van der Waals surface area contributed by atoms with Gasteiger partial charge >= 0.3 is 5.97 Å². The maximum absolute atomic E-state index is 15.0. The summed E-state index contributed by atoms with van der Waals surface area (Å²) in [5, 5.41) is 9.96. The van der Waals surface area contributed by atoms with Crippen molar-refractivity contribution in [3.05, 3.63) is 77.9 Å². The quantitative estimate of drug-likeness (QED) is 0.153. The van der Waals surface area contributed by atoms with E-state index in [-0.39, 0.29) is 49.2 Å². The molecule has 4 aliphatic rings. The first-order chi connectivity index (χ1) is 25.4. The molecular formula is C40H47N3O9Si. The molecule has 0 radical (unpaired) electrons. The number of rotatable bonds is 10. The summed E-state index contributed by atoms with van der Waals surface area (Å²) in [7, 11) is -1.75. The summed E-state index contributed by atoms with van der Waals surface area (Å²) in [5.74, 6) is -0.743. The summed E-state index contributed by atoms with van der Waals surface area (Å²) in [6.45, 7) is 6.24. The first-order valence-electron chi connectivity index (χ1n) is 18.4. The zero-order valence-corrected chi connectivity index (χ0v) is 31.6. The second kappa shape index (κ2) is 14.3. The number of anilines is 3. The number of unbranched alkanes of at least 4 members (excludes halogenated alkanes) is 1. The van der Waals surface area contributed by atoms with Crippen molar-refractivity contribution < 1.29 is 43.3 Å². The lowest BCUT2D eigenvalue weighted by Gasteiger charge is -2.33. The van der Waals surface area contributed by atoms with Gasteiger partial charge in [0.2, 0.25) is 5.91 Å². The minimum absolute atomic E-state index is 0.0439. The summed E-state index contributed by atoms with van der Waals surface area (Å²) in [5.41, 5.74) is 0.499. The molecule has 2 N–H and O–H groups in total. The number of nitrogens with zero attached hydrogens (tertiary/aromatic N) is 3. The largest absolute Gasteiger partial charge is 0.469 e. The van der Waals surface area contributed by atoms with Crippen LogP contribution in [-0.2, 0) is 29.5 Å². The molecule has 3 aromatic carbocycles. The Hall–Kier alpha value is -4.56. The molecule has 0 unspecified atom stereocenters. The minimum atomic E-state index is -3.10. The van der Waals surface area contributed by atoms with Crippen molar-refractivity contribution in [2.75, 3.05) is 36.6 Å². The van der Waals surface area contributed by atoms with Crippen LogP contribution in [-0.4, -0.2) is 85.8 Å². The number of carbonyl (C=O) groups excluding carboxylic acids is 4. The van der Waals surface area contributed by atoms with Crippen LogP contribution in [0.1, 0.15) is 61.4 Å². The van der Waals surface area contributed by atoms with Gasteiger partial charge in [-0.1, -0.05) is 31.2 Å². The van der Waals surface area contributed by atoms with Gasteiger partial charge in [-0.25, -0.2) is 0 Å². The van der Waals surface area contributed by atoms with Crippen LogP contribution >= 0.6 is 0 Å². The SMILES string of the molecule is COC(=O)CCCCN1C(=O)[C@@]2(O[C@@H](CC(=O)N3CCC[C@H]3CO)[C@H]([Si](C)(C)O)[C@H]2C)c2cc(N3C(=O)c4ccccc4Oc4ccccc43)ccc21. The van der Waals surface area contributed by atoms with Crippen molar-refractivity contribution in [3.8, 4) is 11.5 Å². The number of aliphatic hydroxyl groups excluding tert-OH is 1. The Morgan fingerprint density at radius 2 is 1.74 bits per heavy atom. The van der Waals surface area contributed by atoms with Gasteiger partial charge in [0.05, 0.1) is 49.2 Å². The number of methoxy groups -OCH3 is 1. The first-order valence-corrected chi connectivity index (χ1v) is 21.5. The summed E-state index contributed by atoms with van der Waals surface area (Å²) >= 11 is 0. The summed E-state index contributed by atoms with van der Waals surface area (Å²) in [6.07, 6.45) is 1.92. The van der Waals surface area contributed by atoms with Gasteiger partial charge in [0, 0.05) is 42.2 Å². The number of carbonyl (C=O) groups is 4. The molecule has 53 heavy (non-hydrogen) atoms. The lowest BCUT2D eigenvalue weighted by atomic mass is 9.82. The average Bonchev–Trinajstić information content (AvgIpc) is 3.78. The number of likely N-dealkylation sites (tertiary alicyclic amines) is 1. The fourth-order valence-electron chi connectivity index (χ4n) is 8.98. The number of para-hydroxylation sites is 3. The van der Waals surface area contributed by atoms with E-state index < -0.39 is 31.5 Å². The number of aliphatic hydroxyl groups is 1. The molecule has 13 heteroatoms. The predicted molar refractivity (Wildman–Crippen MR) is 200 cm³/mol. The summed E-state index contributed by atoms with van der Waals surface area (Å²) in [4.78, 5) is 71.9. The topological polar surface area (TPSA) is 146 Å². The van der Waals surface area contributed by atoms with Crippen molar-refractivity contribution in [1.29, 1.82) is 0 Å². The second-order valence-corrected chi connectivity index (χ2v) is 19.0. The third-order valence-corrected chi connectivity index (χ3v) is 13.9. The van der Waals surface area contributed by atoms with Crippen LogP contribution < -0.4 is 14.5 Å². The fraction of sp³-hybridized carbons (Fsp3) is 0.450. The summed E-state index contributed by atoms with van der Waals surface area (Å²) in [6, 6.07) is 19.5. The van der Waals surface area contributed by atoms with Crippen LogP contribution in [0.15, 0.2) is 66.7 Å². The van der Waals surface area contributed by atoms with Crippen LogP contribution in [0.5, 0.6) is 11.5 Å². The van der Waals surface area contributed by atoms with Crippen molar-refractivity contribution in [1.82, 2.24) is 4.90 Å². The molecule has 280 valence electrons. The molecule has 2 fully saturated rings. The number of ether oxygens (including phenoxy) is 3. The summed E-state index contributed by atoms with van der Waals surface area (Å²) < 4.78 is 18.0. The molecule has 5 atom stereocenters. The Labute approximate surface area is 310 Å². The number of esters is 1. The van der Waals surface area contributed by atoms with Crippen molar-refractivity contribution in [3.63, 3.8) is 0 Å². The molecule has 3 amide bonds. The highest BCUT2D eigenvalue weighted by Gasteiger charge is 2.66. The number of fused-ring (bicyclic) bond motifs is 4. The maximum Gasteiger partial charge on any atom is 0.305 e. The molecular weight excluding hydrogens is 695 g/mol. The van der Waals surface area contributed by atoms with E-state index in [0.717, 1.165) is 6.42 Å². The highest BCUT2D eigenvalue weighted by Crippen LogP contribution is 2.60. The molecule has 3 aromatic rings. The molecule has 12 nitrogen and oxygen atoms in total. The normalized spacial score (nSPS) is 24.9. The van der Waals surface area contributed by atoms with E-state index in [0.29, 0.717) is 72.0 Å². The Bertz CT molecular complexity index is 1930. The first kappa shape index (κ1) is 36.8. The van der Waals surface area contributed by atoms with E-state index in [1.807, 2.05) is 56.4 Å². The number of amides is 3. The van der Waals surface area contributed by atoms with Gasteiger partial charge in [0.1, 0.15) is 5.75 Å². The van der Waals surface area contributed by atoms with E-state index in [1.165, 1.54) is 7.11 Å². The van der Waals surface area contributed by atoms with Gasteiger partial charge in [-0.3, -0.25) is 24.1 Å². The van der Waals surface area contributed by atoms with Gasteiger partial charge < -0.3 is 33.9 Å². The molecule has 4 heterocycles. The number of hydrogen-bond acceptors (Lipinski definition) is 9. The molecule has 4 aliphatic heterocycles. The monoisotopic (exact) mass is 741 g/mol. The van der Waals surface area contributed by atoms with Crippen LogP contribution in [0.4, 0.5) is 17.1 Å². The molecule has 0 saturated carbocycles. The Morgan fingerprint density at radius 1 is 1.00 bits per heavy atom. The average molecular weight is 742 g/mol. The molecule has 0 bridgehead atoms. The fourth-order valence-corrected chi connectivity index (χ4v) is 11.5. The van der Waals surface area contributed by atoms with Crippen LogP contribution in [0.25, 0.3) is 0 Å². The van der Waals surface area contributed by atoms with Crippen molar-refractivity contribution in [2.24, 2.45) is 5.92 Å². The van der Waals surface area contributed by atoms with Gasteiger partial charge in [0.25, 0.3) is 11.8 Å². The third kappa shape index (κ3) is 6.32. The van der Waals surface area contributed by atoms with Gasteiger partial charge in [-0.15, -0.1) is 0 Å². The lowest BCUT2D eigenvalue weighted by molar-refractivity contribution is -0.150. The molecule has 7 rings (SSSR count). The van der Waals surface area contributed by atoms with Gasteiger partial charge in [-0.05, 0) is 81.2 Å². The minimum Gasteiger partial charge on any atom is -0.469 e. The zero-order valence-electron chi connectivity index (χ0n) is 30.6. The standard InChI is InChI=1S/C40H47N3O9Si/c1-25-37(53(3,4)49)34(23-35(45)41-21-11-12-27(41)24-44)52-40(25)29-22-26(18-19-30(29)42(39(40)48)20-10-9-17-36(46)50-2)43-31-14-6-8-16-33(31)51-32-15-7-5-13-28(32)38(43)47/h5-8,13-16,18-19,22,25,27,34,37,44,49H,9-12,17,20-21,23-24H2,1-4H3/t25-,27+,34+,37-,40+/m1/s1. The molecule has 0 aromatic heterocycles. The van der Waals surface area contributed by atoms with E-state index in [1.54, 1.807) is 45.0 Å². The maximum atomic E-state index is 15.0. The van der Waals surface area contributed by atoms with Gasteiger partial charge in [-0.2, -0.15) is 0 Å². The van der Waals surface area contributed by atoms with Gasteiger partial charge in [0.15, 0.2) is 19.7 Å². The third-order valence-electron chi connectivity index (χ3n) is 11.4. The van der Waals surface area contributed by atoms with Crippen LogP contribution in [0, 0.1) is 5.92 Å². The highest BCUT2D eigenvalue weighted by atomic mass is 28.4. The predicted octanol–water partition coefficient (Wildman–Crippen LogP) is 5.63. The zero-order chi connectivity index (χ0) is 37.7. The van der Waals surface area contributed by atoms with Crippen molar-refractivity contribution in [2.45, 2.75) is 81.8 Å². The molecule has 0 aliphatic carbocycles. The Morgan fingerprint density at radius 3 is 2.47 bits per heavy atom. The number of benzene rings is 3. The molecule has 2 saturated heterocycles. The number of hydrogen-bond donors (Lipinski definition) is 2. The Balaban J connectivity index is 1.33. The van der Waals surface area contributed by atoms with E-state index in [9.17, 15) is 24.3 Å².